The van der Waals surface area contributed by atoms with E-state index in [-0.39, 0.29) is 5.92 Å². The maximum atomic E-state index is 11.1. The second-order valence-electron chi connectivity index (χ2n) is 5.00. The highest BCUT2D eigenvalue weighted by atomic mass is 35.5. The van der Waals surface area contributed by atoms with E-state index in [0.717, 1.165) is 30.8 Å². The highest BCUT2D eigenvalue weighted by Crippen LogP contribution is 2.14. The molecule has 0 aliphatic rings. The number of aryl methyl sites for hydroxylation is 1. The summed E-state index contributed by atoms with van der Waals surface area (Å²) in [5.74, 6) is 0.0238. The van der Waals surface area contributed by atoms with Gasteiger partial charge in [-0.3, -0.25) is 10.1 Å². The van der Waals surface area contributed by atoms with Crippen LogP contribution in [-0.2, 0) is 17.8 Å². The largest absolute Gasteiger partial charge is 0.480 e. The lowest BCUT2D eigenvalue weighted by Gasteiger charge is -2.17. The predicted octanol–water partition coefficient (Wildman–Crippen LogP) is 2.60. The van der Waals surface area contributed by atoms with E-state index in [9.17, 15) is 4.79 Å². The van der Waals surface area contributed by atoms with Crippen LogP contribution >= 0.6 is 11.6 Å². The maximum absolute atomic E-state index is 11.1. The van der Waals surface area contributed by atoms with Crippen molar-refractivity contribution in [3.8, 4) is 0 Å². The molecular formula is C13H22ClN3O2. The van der Waals surface area contributed by atoms with Crippen LogP contribution in [-0.4, -0.2) is 27.1 Å². The molecule has 0 saturated carbocycles. The predicted molar refractivity (Wildman–Crippen MR) is 75.3 cm³/mol. The number of unbranched alkanes of at least 4 members (excludes halogenated alkanes) is 1. The molecule has 0 amide bonds. The molecule has 5 nitrogen and oxygen atoms in total. The molecule has 0 saturated heterocycles. The van der Waals surface area contributed by atoms with E-state index in [0.29, 0.717) is 11.7 Å². The molecule has 1 unspecified atom stereocenters. The van der Waals surface area contributed by atoms with Crippen molar-refractivity contribution in [2.45, 2.75) is 52.6 Å². The Kier molecular flexibility index (Phi) is 6.31. The van der Waals surface area contributed by atoms with Crippen molar-refractivity contribution in [2.24, 2.45) is 5.92 Å². The molecular weight excluding hydrogens is 266 g/mol. The lowest BCUT2D eigenvalue weighted by atomic mass is 10.0. The molecule has 0 spiro atoms. The van der Waals surface area contributed by atoms with Crippen molar-refractivity contribution >= 4 is 17.6 Å². The third kappa shape index (κ3) is 4.84. The minimum atomic E-state index is -0.850. The minimum absolute atomic E-state index is 0.0127. The lowest BCUT2D eigenvalue weighted by Crippen LogP contribution is -2.40. The number of hydrogen-bond donors (Lipinski definition) is 3. The SMILES string of the molecule is CCCCc1nc(Cl)c(CNC(C(=O)O)C(C)C)[nH]1. The van der Waals surface area contributed by atoms with Gasteiger partial charge in [0, 0.05) is 13.0 Å². The van der Waals surface area contributed by atoms with Gasteiger partial charge in [-0.05, 0) is 12.3 Å². The van der Waals surface area contributed by atoms with Crippen LogP contribution in [0.4, 0.5) is 0 Å². The molecule has 6 heteroatoms. The van der Waals surface area contributed by atoms with Crippen molar-refractivity contribution in [2.75, 3.05) is 0 Å². The van der Waals surface area contributed by atoms with Crippen molar-refractivity contribution in [3.05, 3.63) is 16.7 Å². The monoisotopic (exact) mass is 287 g/mol. The quantitative estimate of drug-likeness (QED) is 0.687. The second kappa shape index (κ2) is 7.50. The Bertz CT molecular complexity index is 418. The van der Waals surface area contributed by atoms with E-state index >= 15 is 0 Å². The van der Waals surface area contributed by atoms with E-state index in [1.165, 1.54) is 0 Å². The summed E-state index contributed by atoms with van der Waals surface area (Å²) in [5, 5.41) is 12.5. The van der Waals surface area contributed by atoms with E-state index in [1.807, 2.05) is 13.8 Å². The fourth-order valence-electron chi connectivity index (χ4n) is 1.84. The van der Waals surface area contributed by atoms with E-state index in [2.05, 4.69) is 22.2 Å². The zero-order chi connectivity index (χ0) is 14.4. The number of aromatic amines is 1. The zero-order valence-corrected chi connectivity index (χ0v) is 12.4. The Hall–Kier alpha value is -1.07. The highest BCUT2D eigenvalue weighted by molar-refractivity contribution is 6.30. The number of carboxylic acids is 1. The van der Waals surface area contributed by atoms with Gasteiger partial charge >= 0.3 is 5.97 Å². The molecule has 19 heavy (non-hydrogen) atoms. The number of aromatic nitrogens is 2. The summed E-state index contributed by atoms with van der Waals surface area (Å²) >= 11 is 6.04. The van der Waals surface area contributed by atoms with Crippen LogP contribution < -0.4 is 5.32 Å². The van der Waals surface area contributed by atoms with Crippen molar-refractivity contribution in [1.82, 2.24) is 15.3 Å². The number of carbonyl (C=O) groups is 1. The molecule has 0 fully saturated rings. The zero-order valence-electron chi connectivity index (χ0n) is 11.7. The second-order valence-corrected chi connectivity index (χ2v) is 5.36. The van der Waals surface area contributed by atoms with Gasteiger partial charge in [0.15, 0.2) is 5.15 Å². The third-order valence-corrected chi connectivity index (χ3v) is 3.29. The Balaban J connectivity index is 2.61. The van der Waals surface area contributed by atoms with Gasteiger partial charge in [0.05, 0.1) is 5.69 Å². The molecule has 108 valence electrons. The first-order chi connectivity index (χ1) is 8.95. The Morgan fingerprint density at radius 2 is 2.21 bits per heavy atom. The molecule has 1 aromatic heterocycles. The van der Waals surface area contributed by atoms with Crippen molar-refractivity contribution in [3.63, 3.8) is 0 Å². The van der Waals surface area contributed by atoms with Crippen LogP contribution in [0.25, 0.3) is 0 Å². The molecule has 1 heterocycles. The summed E-state index contributed by atoms with van der Waals surface area (Å²) < 4.78 is 0. The number of rotatable bonds is 8. The third-order valence-electron chi connectivity index (χ3n) is 2.98. The molecule has 0 aliphatic carbocycles. The number of H-pyrrole nitrogens is 1. The average Bonchev–Trinajstić information content (AvgIpc) is 2.67. The van der Waals surface area contributed by atoms with Gasteiger partial charge in [-0.25, -0.2) is 4.98 Å². The van der Waals surface area contributed by atoms with E-state index < -0.39 is 12.0 Å². The summed E-state index contributed by atoms with van der Waals surface area (Å²) in [7, 11) is 0. The molecule has 1 rings (SSSR count). The number of nitrogens with one attached hydrogen (secondary N) is 2. The average molecular weight is 288 g/mol. The topological polar surface area (TPSA) is 78.0 Å². The van der Waals surface area contributed by atoms with Crippen molar-refractivity contribution < 1.29 is 9.90 Å². The van der Waals surface area contributed by atoms with Gasteiger partial charge < -0.3 is 10.1 Å². The smallest absolute Gasteiger partial charge is 0.320 e. The molecule has 0 bridgehead atoms. The number of carboxylic acid groups (broad SMARTS) is 1. The number of hydrogen-bond acceptors (Lipinski definition) is 3. The maximum Gasteiger partial charge on any atom is 0.320 e. The number of aliphatic carboxylic acids is 1. The summed E-state index contributed by atoms with van der Waals surface area (Å²) in [4.78, 5) is 18.5. The summed E-state index contributed by atoms with van der Waals surface area (Å²) in [6.45, 7) is 6.24. The molecule has 3 N–H and O–H groups in total. The van der Waals surface area contributed by atoms with Crippen LogP contribution in [0.3, 0.4) is 0 Å². The number of halogens is 1. The molecule has 1 aromatic rings. The van der Waals surface area contributed by atoms with E-state index in [1.54, 1.807) is 0 Å². The molecule has 0 aromatic carbocycles. The number of nitrogens with zero attached hydrogens (tertiary/aromatic N) is 1. The van der Waals surface area contributed by atoms with Crippen LogP contribution in [0.15, 0.2) is 0 Å². The summed E-state index contributed by atoms with van der Waals surface area (Å²) in [6.07, 6.45) is 3.02. The first-order valence-corrected chi connectivity index (χ1v) is 7.03. The highest BCUT2D eigenvalue weighted by Gasteiger charge is 2.21. The van der Waals surface area contributed by atoms with Crippen LogP contribution in [0.5, 0.6) is 0 Å². The van der Waals surface area contributed by atoms with Gasteiger partial charge in [0.25, 0.3) is 0 Å². The fourth-order valence-corrected chi connectivity index (χ4v) is 2.06. The summed E-state index contributed by atoms with van der Waals surface area (Å²) in [5.41, 5.74) is 0.750. The Labute approximate surface area is 118 Å². The fraction of sp³-hybridized carbons (Fsp3) is 0.692. The van der Waals surface area contributed by atoms with Crippen LogP contribution in [0.1, 0.15) is 45.1 Å². The Morgan fingerprint density at radius 1 is 1.53 bits per heavy atom. The molecule has 0 aliphatic heterocycles. The first-order valence-electron chi connectivity index (χ1n) is 6.65. The molecule has 1 atom stereocenters. The van der Waals surface area contributed by atoms with Crippen LogP contribution in [0, 0.1) is 5.92 Å². The van der Waals surface area contributed by atoms with E-state index in [4.69, 9.17) is 16.7 Å². The van der Waals surface area contributed by atoms with Gasteiger partial charge in [-0.15, -0.1) is 0 Å². The Morgan fingerprint density at radius 3 is 2.74 bits per heavy atom. The first kappa shape index (κ1) is 16.0. The van der Waals surface area contributed by atoms with Crippen LogP contribution in [0.2, 0.25) is 5.15 Å². The molecule has 0 radical (unpaired) electrons. The van der Waals surface area contributed by atoms with Gasteiger partial charge in [-0.2, -0.15) is 0 Å². The number of imidazole rings is 1. The lowest BCUT2D eigenvalue weighted by molar-refractivity contribution is -0.140. The van der Waals surface area contributed by atoms with Gasteiger partial charge in [0.1, 0.15) is 11.9 Å². The summed E-state index contributed by atoms with van der Waals surface area (Å²) in [6, 6.07) is -0.585. The minimum Gasteiger partial charge on any atom is -0.480 e. The standard InChI is InChI=1S/C13H22ClN3O2/c1-4-5-6-10-16-9(12(14)17-10)7-15-11(8(2)3)13(18)19/h8,11,15H,4-7H2,1-3H3,(H,16,17)(H,18,19). The normalized spacial score (nSPS) is 12.9. The van der Waals surface area contributed by atoms with Gasteiger partial charge in [-0.1, -0.05) is 38.8 Å². The van der Waals surface area contributed by atoms with Gasteiger partial charge in [0.2, 0.25) is 0 Å². The van der Waals surface area contributed by atoms with Crippen molar-refractivity contribution in [1.29, 1.82) is 0 Å².